The van der Waals surface area contributed by atoms with Gasteiger partial charge in [0, 0.05) is 45.1 Å². The van der Waals surface area contributed by atoms with E-state index in [0.717, 1.165) is 19.4 Å². The number of piperidine rings is 1. The van der Waals surface area contributed by atoms with Crippen LogP contribution in [0.4, 0.5) is 4.39 Å². The number of benzene rings is 1. The Labute approximate surface area is 141 Å². The molecule has 1 aromatic carbocycles. The summed E-state index contributed by atoms with van der Waals surface area (Å²) in [5.41, 5.74) is -0.0673. The minimum absolute atomic E-state index is 0.0319. The molecule has 0 aliphatic carbocycles. The summed E-state index contributed by atoms with van der Waals surface area (Å²) in [5.74, 6) is -0.170. The molecule has 2 heterocycles. The number of likely N-dealkylation sites (N-methyl/N-ethyl adjacent to an activating group) is 1. The molecule has 0 spiro atoms. The molecule has 5 nitrogen and oxygen atoms in total. The summed E-state index contributed by atoms with van der Waals surface area (Å²) in [6.45, 7) is 1.87. The molecule has 0 saturated carbocycles. The first-order chi connectivity index (χ1) is 11.5. The Kier molecular flexibility index (Phi) is 4.66. The molecule has 0 N–H and O–H groups in total. The van der Waals surface area contributed by atoms with Gasteiger partial charge in [-0.2, -0.15) is 5.10 Å². The molecule has 1 unspecified atom stereocenters. The summed E-state index contributed by atoms with van der Waals surface area (Å²) in [5, 5.41) is 4.34. The van der Waals surface area contributed by atoms with Gasteiger partial charge >= 0.3 is 0 Å². The minimum Gasteiger partial charge on any atom is -0.347 e. The molecule has 1 aliphatic heterocycles. The number of likely N-dealkylation sites (tertiary alicyclic amines) is 1. The quantitative estimate of drug-likeness (QED) is 0.862. The zero-order valence-corrected chi connectivity index (χ0v) is 14.2. The van der Waals surface area contributed by atoms with Crippen LogP contribution in [0.1, 0.15) is 18.4 Å². The van der Waals surface area contributed by atoms with Gasteiger partial charge in [-0.3, -0.25) is 14.4 Å². The van der Waals surface area contributed by atoms with E-state index in [-0.39, 0.29) is 11.7 Å². The number of amides is 1. The van der Waals surface area contributed by atoms with Crippen molar-refractivity contribution in [1.82, 2.24) is 19.6 Å². The Hall–Kier alpha value is -2.21. The summed E-state index contributed by atoms with van der Waals surface area (Å²) >= 11 is 0. The van der Waals surface area contributed by atoms with E-state index < -0.39 is 5.54 Å². The Bertz CT molecular complexity index is 701. The van der Waals surface area contributed by atoms with Crippen molar-refractivity contribution in [1.29, 1.82) is 0 Å². The van der Waals surface area contributed by atoms with Crippen molar-refractivity contribution in [2.75, 3.05) is 27.2 Å². The van der Waals surface area contributed by atoms with Gasteiger partial charge < -0.3 is 4.90 Å². The fourth-order valence-corrected chi connectivity index (χ4v) is 3.52. The van der Waals surface area contributed by atoms with Gasteiger partial charge in [0.15, 0.2) is 5.54 Å². The second-order valence-electron chi connectivity index (χ2n) is 6.59. The molecule has 0 bridgehead atoms. The molecule has 128 valence electrons. The highest BCUT2D eigenvalue weighted by Crippen LogP contribution is 2.31. The molecule has 2 aromatic rings. The lowest BCUT2D eigenvalue weighted by molar-refractivity contribution is -0.142. The van der Waals surface area contributed by atoms with E-state index in [1.165, 1.54) is 6.07 Å². The zero-order valence-electron chi connectivity index (χ0n) is 14.2. The van der Waals surface area contributed by atoms with Gasteiger partial charge in [0.05, 0.1) is 0 Å². The van der Waals surface area contributed by atoms with E-state index >= 15 is 0 Å². The Morgan fingerprint density at radius 3 is 2.79 bits per heavy atom. The van der Waals surface area contributed by atoms with Crippen LogP contribution in [0.3, 0.4) is 0 Å². The van der Waals surface area contributed by atoms with Gasteiger partial charge in [0.2, 0.25) is 0 Å². The first kappa shape index (κ1) is 16.6. The molecule has 1 saturated heterocycles. The van der Waals surface area contributed by atoms with E-state index in [4.69, 9.17) is 0 Å². The number of rotatable bonds is 4. The molecule has 1 atom stereocenters. The Morgan fingerprint density at radius 2 is 2.12 bits per heavy atom. The number of carbonyl (C=O) groups excluding carboxylic acids is 1. The number of nitrogens with zero attached hydrogens (tertiary/aromatic N) is 4. The summed E-state index contributed by atoms with van der Waals surface area (Å²) in [4.78, 5) is 16.7. The van der Waals surface area contributed by atoms with Gasteiger partial charge in [-0.1, -0.05) is 18.2 Å². The van der Waals surface area contributed by atoms with Gasteiger partial charge in [-0.15, -0.1) is 0 Å². The lowest BCUT2D eigenvalue weighted by Gasteiger charge is -2.43. The van der Waals surface area contributed by atoms with Crippen molar-refractivity contribution in [3.8, 4) is 0 Å². The lowest BCUT2D eigenvalue weighted by Crippen LogP contribution is -2.58. The minimum atomic E-state index is -0.726. The summed E-state index contributed by atoms with van der Waals surface area (Å²) < 4.78 is 15.7. The van der Waals surface area contributed by atoms with Crippen molar-refractivity contribution >= 4 is 5.91 Å². The summed E-state index contributed by atoms with van der Waals surface area (Å²) in [7, 11) is 3.53. The van der Waals surface area contributed by atoms with Crippen molar-refractivity contribution in [3.63, 3.8) is 0 Å². The molecule has 1 aliphatic rings. The van der Waals surface area contributed by atoms with Crippen LogP contribution in [0.5, 0.6) is 0 Å². The highest BCUT2D eigenvalue weighted by Gasteiger charge is 2.45. The predicted octanol–water partition coefficient (Wildman–Crippen LogP) is 2.10. The first-order valence-corrected chi connectivity index (χ1v) is 8.20. The van der Waals surface area contributed by atoms with Gasteiger partial charge in [-0.05, 0) is 31.5 Å². The second-order valence-corrected chi connectivity index (χ2v) is 6.59. The van der Waals surface area contributed by atoms with Crippen LogP contribution in [-0.4, -0.2) is 52.7 Å². The first-order valence-electron chi connectivity index (χ1n) is 8.20. The van der Waals surface area contributed by atoms with Crippen LogP contribution in [0.2, 0.25) is 0 Å². The largest absolute Gasteiger partial charge is 0.347 e. The maximum atomic E-state index is 14.0. The number of aromatic nitrogens is 2. The molecule has 3 rings (SSSR count). The molecular weight excluding hydrogens is 307 g/mol. The lowest BCUT2D eigenvalue weighted by atomic mass is 9.87. The Morgan fingerprint density at radius 1 is 1.33 bits per heavy atom. The van der Waals surface area contributed by atoms with Crippen LogP contribution in [0.15, 0.2) is 42.7 Å². The standard InChI is InChI=1S/C18H23FN4O/c1-21(2)17(24)18(23-12-6-10-20-23)9-5-11-22(14-18)13-15-7-3-4-8-16(15)19/h3-4,6-8,10,12H,5,9,11,13-14H2,1-2H3. The van der Waals surface area contributed by atoms with E-state index in [1.807, 2.05) is 18.3 Å². The van der Waals surface area contributed by atoms with Crippen LogP contribution < -0.4 is 0 Å². The van der Waals surface area contributed by atoms with Crippen LogP contribution in [0, 0.1) is 5.82 Å². The molecule has 6 heteroatoms. The van der Waals surface area contributed by atoms with Crippen molar-refractivity contribution < 1.29 is 9.18 Å². The highest BCUT2D eigenvalue weighted by molar-refractivity contribution is 5.84. The monoisotopic (exact) mass is 330 g/mol. The van der Waals surface area contributed by atoms with Gasteiger partial charge in [0.1, 0.15) is 5.82 Å². The van der Waals surface area contributed by atoms with Crippen LogP contribution >= 0.6 is 0 Å². The molecule has 1 aromatic heterocycles. The van der Waals surface area contributed by atoms with Crippen LogP contribution in [0.25, 0.3) is 0 Å². The third-order valence-electron chi connectivity index (χ3n) is 4.65. The zero-order chi connectivity index (χ0) is 17.2. The number of halogens is 1. The fraction of sp³-hybridized carbons (Fsp3) is 0.444. The molecule has 24 heavy (non-hydrogen) atoms. The van der Waals surface area contributed by atoms with Gasteiger partial charge in [0.25, 0.3) is 5.91 Å². The average Bonchev–Trinajstić information content (AvgIpc) is 3.11. The number of carbonyl (C=O) groups is 1. The fourth-order valence-electron chi connectivity index (χ4n) is 3.52. The Balaban J connectivity index is 1.88. The molecule has 1 amide bonds. The van der Waals surface area contributed by atoms with Crippen molar-refractivity contribution in [2.24, 2.45) is 0 Å². The van der Waals surface area contributed by atoms with Crippen LogP contribution in [-0.2, 0) is 16.9 Å². The molecule has 1 fully saturated rings. The maximum Gasteiger partial charge on any atom is 0.251 e. The van der Waals surface area contributed by atoms with Crippen molar-refractivity contribution in [2.45, 2.75) is 24.9 Å². The van der Waals surface area contributed by atoms with E-state index in [1.54, 1.807) is 42.0 Å². The predicted molar refractivity (Wildman–Crippen MR) is 89.8 cm³/mol. The third-order valence-corrected chi connectivity index (χ3v) is 4.65. The van der Waals surface area contributed by atoms with E-state index in [9.17, 15) is 9.18 Å². The highest BCUT2D eigenvalue weighted by atomic mass is 19.1. The smallest absolute Gasteiger partial charge is 0.251 e. The van der Waals surface area contributed by atoms with E-state index in [0.29, 0.717) is 18.7 Å². The average molecular weight is 330 g/mol. The topological polar surface area (TPSA) is 41.4 Å². The maximum absolute atomic E-state index is 14.0. The third kappa shape index (κ3) is 3.06. The van der Waals surface area contributed by atoms with Crippen molar-refractivity contribution in [3.05, 3.63) is 54.1 Å². The summed E-state index contributed by atoms with van der Waals surface area (Å²) in [6.07, 6.45) is 5.14. The van der Waals surface area contributed by atoms with Gasteiger partial charge in [-0.25, -0.2) is 4.39 Å². The SMILES string of the molecule is CN(C)C(=O)C1(n2cccn2)CCCN(Cc2ccccc2F)C1. The number of hydrogen-bond acceptors (Lipinski definition) is 3. The normalized spacial score (nSPS) is 21.6. The summed E-state index contributed by atoms with van der Waals surface area (Å²) in [6, 6.07) is 8.64. The number of hydrogen-bond donors (Lipinski definition) is 0. The molecule has 0 radical (unpaired) electrons. The molecular formula is C18H23FN4O. The second kappa shape index (κ2) is 6.73. The van der Waals surface area contributed by atoms with E-state index in [2.05, 4.69) is 10.00 Å².